The Morgan fingerprint density at radius 2 is 2.21 bits per heavy atom. The third kappa shape index (κ3) is 2.87. The second-order valence-electron chi connectivity index (χ2n) is 4.56. The van der Waals surface area contributed by atoms with Gasteiger partial charge in [-0.2, -0.15) is 11.8 Å². The van der Waals surface area contributed by atoms with Crippen molar-refractivity contribution in [1.29, 1.82) is 0 Å². The standard InChI is InChI=1S/C14H18N2OS2/c1-9-4-5-10-11(8-9)19-13(12(10)15)14(17)16(2)6-7-18-3/h4-5,8H,6-7,15H2,1-3H3. The first-order valence-electron chi connectivity index (χ1n) is 6.07. The number of amides is 1. The van der Waals surface area contributed by atoms with E-state index in [0.717, 1.165) is 22.4 Å². The lowest BCUT2D eigenvalue weighted by atomic mass is 10.1. The van der Waals surface area contributed by atoms with E-state index in [1.165, 1.54) is 16.9 Å². The van der Waals surface area contributed by atoms with E-state index in [1.54, 1.807) is 16.7 Å². The normalized spacial score (nSPS) is 10.9. The van der Waals surface area contributed by atoms with Gasteiger partial charge in [0.2, 0.25) is 0 Å². The molecule has 0 atom stereocenters. The van der Waals surface area contributed by atoms with Crippen LogP contribution in [0.4, 0.5) is 5.69 Å². The number of nitrogens with two attached hydrogens (primary N) is 1. The van der Waals surface area contributed by atoms with Crippen molar-refractivity contribution in [3.63, 3.8) is 0 Å². The van der Waals surface area contributed by atoms with E-state index in [9.17, 15) is 4.79 Å². The van der Waals surface area contributed by atoms with E-state index in [1.807, 2.05) is 32.4 Å². The van der Waals surface area contributed by atoms with Crippen molar-refractivity contribution in [2.24, 2.45) is 0 Å². The highest BCUT2D eigenvalue weighted by molar-refractivity contribution is 7.98. The fourth-order valence-electron chi connectivity index (χ4n) is 1.89. The summed E-state index contributed by atoms with van der Waals surface area (Å²) in [7, 11) is 1.83. The molecule has 2 N–H and O–H groups in total. The third-order valence-electron chi connectivity index (χ3n) is 3.06. The molecule has 0 saturated carbocycles. The van der Waals surface area contributed by atoms with Gasteiger partial charge in [-0.1, -0.05) is 12.1 Å². The monoisotopic (exact) mass is 294 g/mol. The summed E-state index contributed by atoms with van der Waals surface area (Å²) in [6.45, 7) is 2.79. The van der Waals surface area contributed by atoms with Gasteiger partial charge in [0.1, 0.15) is 4.88 Å². The van der Waals surface area contributed by atoms with Crippen LogP contribution in [0.5, 0.6) is 0 Å². The third-order valence-corrected chi connectivity index (χ3v) is 4.80. The number of nitrogen functional groups attached to an aromatic ring is 1. The molecule has 1 aromatic heterocycles. The van der Waals surface area contributed by atoms with Gasteiger partial charge in [0.25, 0.3) is 5.91 Å². The number of hydrogen-bond donors (Lipinski definition) is 1. The molecular weight excluding hydrogens is 276 g/mol. The molecule has 1 heterocycles. The van der Waals surface area contributed by atoms with Crippen LogP contribution in [0.25, 0.3) is 10.1 Å². The van der Waals surface area contributed by atoms with E-state index in [4.69, 9.17) is 5.73 Å². The van der Waals surface area contributed by atoms with Crippen molar-refractivity contribution >= 4 is 44.8 Å². The number of aryl methyl sites for hydroxylation is 1. The molecule has 0 aliphatic carbocycles. The summed E-state index contributed by atoms with van der Waals surface area (Å²) in [6, 6.07) is 6.10. The average Bonchev–Trinajstić information content (AvgIpc) is 2.71. The minimum atomic E-state index is 0.0189. The minimum Gasteiger partial charge on any atom is -0.397 e. The second-order valence-corrected chi connectivity index (χ2v) is 6.60. The SMILES string of the molecule is CSCCN(C)C(=O)c1sc2cc(C)ccc2c1N. The van der Waals surface area contributed by atoms with Gasteiger partial charge < -0.3 is 10.6 Å². The number of carbonyl (C=O) groups excluding carboxylic acids is 1. The van der Waals surface area contributed by atoms with Crippen molar-refractivity contribution in [2.45, 2.75) is 6.92 Å². The molecule has 0 unspecified atom stereocenters. The number of carbonyl (C=O) groups is 1. The molecular formula is C14H18N2OS2. The van der Waals surface area contributed by atoms with Gasteiger partial charge in [0.05, 0.1) is 5.69 Å². The Morgan fingerprint density at radius 3 is 2.89 bits per heavy atom. The van der Waals surface area contributed by atoms with Gasteiger partial charge in [-0.25, -0.2) is 0 Å². The minimum absolute atomic E-state index is 0.0189. The van der Waals surface area contributed by atoms with E-state index in [0.29, 0.717) is 10.6 Å². The summed E-state index contributed by atoms with van der Waals surface area (Å²) < 4.78 is 1.08. The predicted octanol–water partition coefficient (Wildman–Crippen LogP) is 3.23. The summed E-state index contributed by atoms with van der Waals surface area (Å²) in [6.07, 6.45) is 2.04. The molecule has 19 heavy (non-hydrogen) atoms. The smallest absolute Gasteiger partial charge is 0.265 e. The van der Waals surface area contributed by atoms with E-state index >= 15 is 0 Å². The van der Waals surface area contributed by atoms with Crippen molar-refractivity contribution in [3.8, 4) is 0 Å². The highest BCUT2D eigenvalue weighted by Crippen LogP contribution is 2.34. The highest BCUT2D eigenvalue weighted by atomic mass is 32.2. The van der Waals surface area contributed by atoms with Crippen LogP contribution in [0.2, 0.25) is 0 Å². The molecule has 0 fully saturated rings. The molecule has 0 saturated heterocycles. The largest absolute Gasteiger partial charge is 0.397 e. The Hall–Kier alpha value is -1.20. The molecule has 3 nitrogen and oxygen atoms in total. The zero-order valence-corrected chi connectivity index (χ0v) is 13.0. The number of rotatable bonds is 4. The number of benzene rings is 1. The Kier molecular flexibility index (Phi) is 4.37. The van der Waals surface area contributed by atoms with Crippen LogP contribution in [-0.2, 0) is 0 Å². The molecule has 0 spiro atoms. The fourth-order valence-corrected chi connectivity index (χ4v) is 3.56. The van der Waals surface area contributed by atoms with Crippen LogP contribution in [0.15, 0.2) is 18.2 Å². The Balaban J connectivity index is 2.34. The molecule has 0 aliphatic rings. The van der Waals surface area contributed by atoms with Crippen LogP contribution >= 0.6 is 23.1 Å². The topological polar surface area (TPSA) is 46.3 Å². The van der Waals surface area contributed by atoms with Gasteiger partial charge in [-0.3, -0.25) is 4.79 Å². The number of thioether (sulfide) groups is 1. The van der Waals surface area contributed by atoms with E-state index in [-0.39, 0.29) is 5.91 Å². The Morgan fingerprint density at radius 1 is 1.47 bits per heavy atom. The van der Waals surface area contributed by atoms with Crippen LogP contribution in [0.3, 0.4) is 0 Å². The molecule has 2 aromatic rings. The van der Waals surface area contributed by atoms with Gasteiger partial charge in [0, 0.05) is 29.4 Å². The quantitative estimate of drug-likeness (QED) is 0.941. The first kappa shape index (κ1) is 14.2. The first-order chi connectivity index (χ1) is 9.04. The summed E-state index contributed by atoms with van der Waals surface area (Å²) >= 11 is 3.22. The van der Waals surface area contributed by atoms with Crippen LogP contribution < -0.4 is 5.73 Å². The van der Waals surface area contributed by atoms with Crippen molar-refractivity contribution < 1.29 is 4.79 Å². The van der Waals surface area contributed by atoms with Crippen molar-refractivity contribution in [1.82, 2.24) is 4.90 Å². The van der Waals surface area contributed by atoms with Crippen molar-refractivity contribution in [2.75, 3.05) is 31.3 Å². The fraction of sp³-hybridized carbons (Fsp3) is 0.357. The molecule has 0 bridgehead atoms. The summed E-state index contributed by atoms with van der Waals surface area (Å²) in [5, 5.41) is 0.984. The lowest BCUT2D eigenvalue weighted by Crippen LogP contribution is -2.28. The highest BCUT2D eigenvalue weighted by Gasteiger charge is 2.19. The van der Waals surface area contributed by atoms with Gasteiger partial charge in [0.15, 0.2) is 0 Å². The summed E-state index contributed by atoms with van der Waals surface area (Å²) in [5.41, 5.74) is 7.91. The van der Waals surface area contributed by atoms with Crippen LogP contribution in [-0.4, -0.2) is 36.4 Å². The maximum absolute atomic E-state index is 12.4. The molecule has 102 valence electrons. The number of fused-ring (bicyclic) bond motifs is 1. The lowest BCUT2D eigenvalue weighted by Gasteiger charge is -2.15. The Bertz CT molecular complexity index is 607. The molecule has 0 aliphatic heterocycles. The molecule has 2 rings (SSSR count). The molecule has 1 amide bonds. The molecule has 5 heteroatoms. The maximum Gasteiger partial charge on any atom is 0.265 e. The summed E-state index contributed by atoms with van der Waals surface area (Å²) in [4.78, 5) is 14.8. The van der Waals surface area contributed by atoms with Gasteiger partial charge in [-0.05, 0) is 24.8 Å². The molecule has 1 aromatic carbocycles. The van der Waals surface area contributed by atoms with Crippen LogP contribution in [0, 0.1) is 6.92 Å². The van der Waals surface area contributed by atoms with Crippen LogP contribution in [0.1, 0.15) is 15.2 Å². The molecule has 0 radical (unpaired) electrons. The number of hydrogen-bond acceptors (Lipinski definition) is 4. The zero-order chi connectivity index (χ0) is 14.0. The van der Waals surface area contributed by atoms with E-state index in [2.05, 4.69) is 6.07 Å². The number of anilines is 1. The van der Waals surface area contributed by atoms with E-state index < -0.39 is 0 Å². The number of thiophene rings is 1. The lowest BCUT2D eigenvalue weighted by molar-refractivity contribution is 0.0809. The zero-order valence-electron chi connectivity index (χ0n) is 11.4. The number of nitrogens with zero attached hydrogens (tertiary/aromatic N) is 1. The summed E-state index contributed by atoms with van der Waals surface area (Å²) in [5.74, 6) is 0.956. The van der Waals surface area contributed by atoms with Gasteiger partial charge in [-0.15, -0.1) is 11.3 Å². The first-order valence-corrected chi connectivity index (χ1v) is 8.28. The Labute approximate surface area is 121 Å². The average molecular weight is 294 g/mol. The van der Waals surface area contributed by atoms with Crippen molar-refractivity contribution in [3.05, 3.63) is 28.6 Å². The van der Waals surface area contributed by atoms with Gasteiger partial charge >= 0.3 is 0 Å². The second kappa shape index (κ2) is 5.84. The predicted molar refractivity (Wildman–Crippen MR) is 86.3 cm³/mol. The maximum atomic E-state index is 12.4.